The van der Waals surface area contributed by atoms with E-state index in [1.807, 2.05) is 13.8 Å². The van der Waals surface area contributed by atoms with Crippen LogP contribution in [-0.4, -0.2) is 39.5 Å². The first-order valence-corrected chi connectivity index (χ1v) is 7.01. The minimum Gasteiger partial charge on any atom is -0.478 e. The Labute approximate surface area is 124 Å². The van der Waals surface area contributed by atoms with Gasteiger partial charge in [0.1, 0.15) is 6.04 Å². The lowest BCUT2D eigenvalue weighted by atomic mass is 10.1. The number of amides is 1. The Hall–Kier alpha value is -2.11. The van der Waals surface area contributed by atoms with Gasteiger partial charge in [0, 0.05) is 24.8 Å². The predicted octanol–water partition coefficient (Wildman–Crippen LogP) is 1.59. The number of carbonyl (C=O) groups is 2. The van der Waals surface area contributed by atoms with E-state index in [4.69, 9.17) is 0 Å². The van der Waals surface area contributed by atoms with Crippen LogP contribution in [0.5, 0.6) is 0 Å². The average molecular weight is 294 g/mol. The van der Waals surface area contributed by atoms with Gasteiger partial charge in [0.25, 0.3) is 5.56 Å². The van der Waals surface area contributed by atoms with Gasteiger partial charge >= 0.3 is 5.97 Å². The van der Waals surface area contributed by atoms with Crippen LogP contribution in [0.1, 0.15) is 48.4 Å². The molecule has 6 heteroatoms. The van der Waals surface area contributed by atoms with Gasteiger partial charge in [-0.05, 0) is 40.2 Å². The Morgan fingerprint density at radius 3 is 2.24 bits per heavy atom. The number of aryl methyl sites for hydroxylation is 1. The second-order valence-corrected chi connectivity index (χ2v) is 4.99. The maximum Gasteiger partial charge on any atom is 0.337 e. The van der Waals surface area contributed by atoms with Crippen LogP contribution < -0.4 is 5.56 Å². The highest BCUT2D eigenvalue weighted by atomic mass is 16.4. The van der Waals surface area contributed by atoms with Gasteiger partial charge in [0.2, 0.25) is 5.91 Å². The highest BCUT2D eigenvalue weighted by Gasteiger charge is 2.25. The lowest BCUT2D eigenvalue weighted by molar-refractivity contribution is -0.134. The molecule has 1 unspecified atom stereocenters. The maximum atomic E-state index is 12.4. The summed E-state index contributed by atoms with van der Waals surface area (Å²) in [6.45, 7) is 9.58. The molecular weight excluding hydrogens is 272 g/mol. The number of carboxylic acids is 1. The third-order valence-electron chi connectivity index (χ3n) is 3.73. The number of aromatic carboxylic acids is 1. The lowest BCUT2D eigenvalue weighted by Crippen LogP contribution is -2.40. The van der Waals surface area contributed by atoms with Gasteiger partial charge in [0.05, 0.1) is 5.56 Å². The van der Waals surface area contributed by atoms with E-state index in [1.165, 1.54) is 10.6 Å². The first-order valence-electron chi connectivity index (χ1n) is 7.01. The van der Waals surface area contributed by atoms with Crippen molar-refractivity contribution in [2.45, 2.75) is 40.7 Å². The summed E-state index contributed by atoms with van der Waals surface area (Å²) < 4.78 is 1.26. The number of carbonyl (C=O) groups excluding carboxylic acids is 1. The van der Waals surface area contributed by atoms with Gasteiger partial charge in [-0.1, -0.05) is 0 Å². The summed E-state index contributed by atoms with van der Waals surface area (Å²) in [5, 5.41) is 9.27. The van der Waals surface area contributed by atoms with E-state index in [9.17, 15) is 19.5 Å². The van der Waals surface area contributed by atoms with Crippen LogP contribution in [0.3, 0.4) is 0 Å². The largest absolute Gasteiger partial charge is 0.478 e. The normalized spacial score (nSPS) is 12.0. The number of carboxylic acid groups (broad SMARTS) is 1. The molecule has 116 valence electrons. The molecule has 1 aromatic rings. The van der Waals surface area contributed by atoms with Crippen LogP contribution in [0.15, 0.2) is 10.9 Å². The summed E-state index contributed by atoms with van der Waals surface area (Å²) >= 11 is 0. The number of aromatic nitrogens is 1. The summed E-state index contributed by atoms with van der Waals surface area (Å²) in [4.78, 5) is 37.5. The number of nitrogens with zero attached hydrogens (tertiary/aromatic N) is 2. The zero-order valence-corrected chi connectivity index (χ0v) is 13.1. The summed E-state index contributed by atoms with van der Waals surface area (Å²) in [6.07, 6.45) is 0. The molecule has 0 aliphatic rings. The van der Waals surface area contributed by atoms with Crippen molar-refractivity contribution in [2.24, 2.45) is 0 Å². The molecule has 0 aliphatic carbocycles. The van der Waals surface area contributed by atoms with Crippen LogP contribution in [0.25, 0.3) is 0 Å². The van der Waals surface area contributed by atoms with Crippen LogP contribution in [-0.2, 0) is 4.79 Å². The van der Waals surface area contributed by atoms with Gasteiger partial charge in [0.15, 0.2) is 0 Å². The van der Waals surface area contributed by atoms with E-state index >= 15 is 0 Å². The van der Waals surface area contributed by atoms with Crippen molar-refractivity contribution in [3.8, 4) is 0 Å². The van der Waals surface area contributed by atoms with E-state index in [1.54, 1.807) is 25.7 Å². The van der Waals surface area contributed by atoms with Crippen LogP contribution >= 0.6 is 0 Å². The van der Waals surface area contributed by atoms with Crippen molar-refractivity contribution < 1.29 is 14.7 Å². The first kappa shape index (κ1) is 16.9. The maximum absolute atomic E-state index is 12.4. The predicted molar refractivity (Wildman–Crippen MR) is 79.8 cm³/mol. The summed E-state index contributed by atoms with van der Waals surface area (Å²) in [6, 6.07) is 0.541. The fourth-order valence-corrected chi connectivity index (χ4v) is 2.61. The molecule has 1 rings (SSSR count). The molecule has 21 heavy (non-hydrogen) atoms. The smallest absolute Gasteiger partial charge is 0.337 e. The molecule has 0 saturated carbocycles. The number of pyridine rings is 1. The van der Waals surface area contributed by atoms with Crippen molar-refractivity contribution >= 4 is 11.9 Å². The van der Waals surface area contributed by atoms with Crippen molar-refractivity contribution in [3.63, 3.8) is 0 Å². The molecule has 1 amide bonds. The minimum absolute atomic E-state index is 0.0776. The Kier molecular flexibility index (Phi) is 5.29. The quantitative estimate of drug-likeness (QED) is 0.894. The SMILES string of the molecule is CCN(CC)C(=O)C(C)n1c(C)c(C(=O)O)c(C)cc1=O. The molecule has 0 fully saturated rings. The molecule has 0 radical (unpaired) electrons. The molecule has 0 aliphatic heterocycles. The molecule has 1 heterocycles. The highest BCUT2D eigenvalue weighted by Crippen LogP contribution is 2.17. The second-order valence-electron chi connectivity index (χ2n) is 4.99. The first-order chi connectivity index (χ1) is 9.76. The van der Waals surface area contributed by atoms with Gasteiger partial charge in [-0.3, -0.25) is 14.2 Å². The van der Waals surface area contributed by atoms with Crippen LogP contribution in [0, 0.1) is 13.8 Å². The fourth-order valence-electron chi connectivity index (χ4n) is 2.61. The van der Waals surface area contributed by atoms with Gasteiger partial charge < -0.3 is 10.0 Å². The van der Waals surface area contributed by atoms with Crippen molar-refractivity contribution in [1.29, 1.82) is 0 Å². The van der Waals surface area contributed by atoms with Gasteiger partial charge in [-0.2, -0.15) is 0 Å². The fraction of sp³-hybridized carbons (Fsp3) is 0.533. The molecule has 1 atom stereocenters. The zero-order valence-electron chi connectivity index (χ0n) is 13.1. The third-order valence-corrected chi connectivity index (χ3v) is 3.73. The molecule has 6 nitrogen and oxygen atoms in total. The Morgan fingerprint density at radius 2 is 1.81 bits per heavy atom. The van der Waals surface area contributed by atoms with Gasteiger partial charge in [-0.25, -0.2) is 4.79 Å². The third kappa shape index (κ3) is 3.15. The van der Waals surface area contributed by atoms with E-state index in [0.717, 1.165) is 0 Å². The highest BCUT2D eigenvalue weighted by molar-refractivity contribution is 5.90. The number of likely N-dealkylation sites (N-methyl/N-ethyl adjacent to an activating group) is 1. The van der Waals surface area contributed by atoms with Crippen LogP contribution in [0.4, 0.5) is 0 Å². The van der Waals surface area contributed by atoms with Crippen molar-refractivity contribution in [1.82, 2.24) is 9.47 Å². The van der Waals surface area contributed by atoms with Gasteiger partial charge in [-0.15, -0.1) is 0 Å². The molecule has 0 bridgehead atoms. The Morgan fingerprint density at radius 1 is 1.29 bits per heavy atom. The minimum atomic E-state index is -1.10. The zero-order chi connectivity index (χ0) is 16.3. The van der Waals surface area contributed by atoms with Crippen molar-refractivity contribution in [2.75, 3.05) is 13.1 Å². The number of rotatable bonds is 5. The Bertz CT molecular complexity index is 615. The van der Waals surface area contributed by atoms with Crippen molar-refractivity contribution in [3.05, 3.63) is 33.2 Å². The number of hydrogen-bond acceptors (Lipinski definition) is 3. The summed E-state index contributed by atoms with van der Waals surface area (Å²) in [5.41, 5.74) is 0.432. The average Bonchev–Trinajstić information content (AvgIpc) is 2.38. The Balaban J connectivity index is 3.43. The van der Waals surface area contributed by atoms with E-state index in [0.29, 0.717) is 24.3 Å². The van der Waals surface area contributed by atoms with E-state index < -0.39 is 12.0 Å². The molecule has 1 aromatic heterocycles. The monoisotopic (exact) mass is 294 g/mol. The van der Waals surface area contributed by atoms with E-state index in [2.05, 4.69) is 0 Å². The molecule has 0 saturated heterocycles. The van der Waals surface area contributed by atoms with Crippen LogP contribution in [0.2, 0.25) is 0 Å². The molecule has 0 aromatic carbocycles. The topological polar surface area (TPSA) is 79.6 Å². The summed E-state index contributed by atoms with van der Waals surface area (Å²) in [5.74, 6) is -1.29. The molecule has 0 spiro atoms. The second kappa shape index (κ2) is 6.56. The molecular formula is C15H22N2O4. The standard InChI is InChI=1S/C15H22N2O4/c1-6-16(7-2)14(19)11(5)17-10(4)13(15(20)21)9(3)8-12(17)18/h8,11H,6-7H2,1-5H3,(H,20,21). The molecule has 1 N–H and O–H groups in total. The number of hydrogen-bond donors (Lipinski definition) is 1. The van der Waals surface area contributed by atoms with E-state index in [-0.39, 0.29) is 17.0 Å². The summed E-state index contributed by atoms with van der Waals surface area (Å²) in [7, 11) is 0. The lowest BCUT2D eigenvalue weighted by Gasteiger charge is -2.26.